The van der Waals surface area contributed by atoms with E-state index in [-0.39, 0.29) is 11.6 Å². The predicted molar refractivity (Wildman–Crippen MR) is 80.6 cm³/mol. The molecule has 0 aliphatic heterocycles. The van der Waals surface area contributed by atoms with E-state index in [1.165, 1.54) is 25.2 Å². The van der Waals surface area contributed by atoms with Crippen LogP contribution in [0.1, 0.15) is 24.2 Å². The third-order valence-corrected chi connectivity index (χ3v) is 2.70. The summed E-state index contributed by atoms with van der Waals surface area (Å²) < 4.78 is 5.40. The molecule has 0 atom stereocenters. The number of ether oxygens (including phenoxy) is 1. The van der Waals surface area contributed by atoms with E-state index in [0.29, 0.717) is 36.9 Å². The van der Waals surface area contributed by atoms with Crippen molar-refractivity contribution in [3.63, 3.8) is 0 Å². The van der Waals surface area contributed by atoms with Crippen LogP contribution in [0, 0.1) is 16.0 Å². The molecule has 0 aliphatic carbocycles. The minimum absolute atomic E-state index is 0.0634. The zero-order valence-corrected chi connectivity index (χ0v) is 12.5. The minimum atomic E-state index is -0.481. The average Bonchev–Trinajstić information content (AvgIpc) is 2.45. The zero-order valence-electron chi connectivity index (χ0n) is 12.5. The third kappa shape index (κ3) is 5.39. The molecule has 7 nitrogen and oxygen atoms in total. The van der Waals surface area contributed by atoms with Gasteiger partial charge in [0.1, 0.15) is 5.69 Å². The molecule has 116 valence electrons. The third-order valence-electron chi connectivity index (χ3n) is 2.70. The van der Waals surface area contributed by atoms with Gasteiger partial charge >= 0.3 is 0 Å². The van der Waals surface area contributed by atoms with E-state index in [1.807, 2.05) is 13.8 Å². The maximum absolute atomic E-state index is 11.6. The highest BCUT2D eigenvalue weighted by Crippen LogP contribution is 2.25. The lowest BCUT2D eigenvalue weighted by Crippen LogP contribution is -2.18. The van der Waals surface area contributed by atoms with Crippen LogP contribution in [0.5, 0.6) is 0 Å². The second-order valence-corrected chi connectivity index (χ2v) is 4.96. The van der Waals surface area contributed by atoms with Crippen molar-refractivity contribution < 1.29 is 14.5 Å². The van der Waals surface area contributed by atoms with E-state index in [4.69, 9.17) is 4.74 Å². The molecular formula is C14H21N3O4. The Bertz CT molecular complexity index is 503. The fraction of sp³-hybridized carbons (Fsp3) is 0.500. The Balaban J connectivity index is 2.72. The highest BCUT2D eigenvalue weighted by molar-refractivity contribution is 5.95. The highest BCUT2D eigenvalue weighted by atomic mass is 16.6. The molecule has 7 heteroatoms. The molecule has 0 heterocycles. The molecule has 0 fully saturated rings. The van der Waals surface area contributed by atoms with Crippen molar-refractivity contribution in [3.05, 3.63) is 33.9 Å². The molecule has 0 bridgehead atoms. The molecule has 0 spiro atoms. The monoisotopic (exact) mass is 295 g/mol. The van der Waals surface area contributed by atoms with Crippen LogP contribution < -0.4 is 10.6 Å². The Morgan fingerprint density at radius 3 is 2.71 bits per heavy atom. The summed E-state index contributed by atoms with van der Waals surface area (Å²) in [6.07, 6.45) is 0. The summed E-state index contributed by atoms with van der Waals surface area (Å²) in [6, 6.07) is 4.22. The number of amides is 1. The number of hydrogen-bond acceptors (Lipinski definition) is 5. The second-order valence-electron chi connectivity index (χ2n) is 4.96. The normalized spacial score (nSPS) is 10.5. The van der Waals surface area contributed by atoms with Gasteiger partial charge in [0, 0.05) is 31.8 Å². The van der Waals surface area contributed by atoms with Crippen molar-refractivity contribution in [2.24, 2.45) is 5.92 Å². The molecule has 1 aromatic rings. The van der Waals surface area contributed by atoms with E-state index in [2.05, 4.69) is 10.6 Å². The van der Waals surface area contributed by atoms with Gasteiger partial charge in [-0.3, -0.25) is 14.9 Å². The first kappa shape index (κ1) is 16.9. The lowest BCUT2D eigenvalue weighted by Gasteiger charge is -2.10. The topological polar surface area (TPSA) is 93.5 Å². The number of rotatable bonds is 8. The summed E-state index contributed by atoms with van der Waals surface area (Å²) in [5.41, 5.74) is 0.620. The molecule has 1 rings (SSSR count). The van der Waals surface area contributed by atoms with E-state index in [1.54, 1.807) is 0 Å². The van der Waals surface area contributed by atoms with E-state index in [0.717, 1.165) is 0 Å². The van der Waals surface area contributed by atoms with Crippen molar-refractivity contribution >= 4 is 17.3 Å². The predicted octanol–water partition coefficient (Wildman–Crippen LogP) is 2.04. The molecule has 0 saturated carbocycles. The molecule has 0 unspecified atom stereocenters. The van der Waals surface area contributed by atoms with Gasteiger partial charge in [0.05, 0.1) is 11.5 Å². The van der Waals surface area contributed by atoms with Crippen LogP contribution >= 0.6 is 0 Å². The molecule has 21 heavy (non-hydrogen) atoms. The van der Waals surface area contributed by atoms with E-state index < -0.39 is 4.92 Å². The van der Waals surface area contributed by atoms with Gasteiger partial charge in [0.25, 0.3) is 11.6 Å². The number of carbonyl (C=O) groups excluding carboxylic acids is 1. The Hall–Kier alpha value is -2.15. The number of nitro groups is 1. The highest BCUT2D eigenvalue weighted by Gasteiger charge is 2.16. The van der Waals surface area contributed by atoms with Crippen LogP contribution in [0.15, 0.2) is 18.2 Å². The Kier molecular flexibility index (Phi) is 6.61. The largest absolute Gasteiger partial charge is 0.379 e. The standard InChI is InChI=1S/C14H21N3O4/c1-10(2)9-21-7-6-16-12-8-11(14(18)15-3)4-5-13(12)17(19)20/h4-5,8,10,16H,6-7,9H2,1-3H3,(H,15,18). The summed E-state index contributed by atoms with van der Waals surface area (Å²) in [4.78, 5) is 22.1. The van der Waals surface area contributed by atoms with Crippen molar-refractivity contribution in [2.75, 3.05) is 32.1 Å². The number of hydrogen-bond donors (Lipinski definition) is 2. The maximum atomic E-state index is 11.6. The van der Waals surface area contributed by atoms with Crippen molar-refractivity contribution in [2.45, 2.75) is 13.8 Å². The minimum Gasteiger partial charge on any atom is -0.379 e. The SMILES string of the molecule is CNC(=O)c1ccc([N+](=O)[O-])c(NCCOCC(C)C)c1. The molecule has 0 aliphatic rings. The van der Waals surface area contributed by atoms with Crippen LogP contribution in [0.4, 0.5) is 11.4 Å². The first-order valence-corrected chi connectivity index (χ1v) is 6.77. The first-order chi connectivity index (χ1) is 9.95. The summed E-state index contributed by atoms with van der Waals surface area (Å²) in [7, 11) is 1.51. The van der Waals surface area contributed by atoms with Crippen molar-refractivity contribution in [1.82, 2.24) is 5.32 Å². The van der Waals surface area contributed by atoms with Crippen LogP contribution in [0.3, 0.4) is 0 Å². The number of benzene rings is 1. The Morgan fingerprint density at radius 1 is 1.43 bits per heavy atom. The first-order valence-electron chi connectivity index (χ1n) is 6.77. The van der Waals surface area contributed by atoms with Crippen LogP contribution in [-0.2, 0) is 4.74 Å². The van der Waals surface area contributed by atoms with Gasteiger partial charge < -0.3 is 15.4 Å². The number of nitro benzene ring substituents is 1. The van der Waals surface area contributed by atoms with Crippen molar-refractivity contribution in [1.29, 1.82) is 0 Å². The molecule has 1 aromatic carbocycles. The number of anilines is 1. The molecule has 0 saturated heterocycles. The van der Waals surface area contributed by atoms with Crippen molar-refractivity contribution in [3.8, 4) is 0 Å². The van der Waals surface area contributed by atoms with E-state index in [9.17, 15) is 14.9 Å². The van der Waals surface area contributed by atoms with E-state index >= 15 is 0 Å². The van der Waals surface area contributed by atoms with Crippen LogP contribution in [0.2, 0.25) is 0 Å². The lowest BCUT2D eigenvalue weighted by molar-refractivity contribution is -0.384. The van der Waals surface area contributed by atoms with Crippen LogP contribution in [0.25, 0.3) is 0 Å². The molecule has 0 radical (unpaired) electrons. The summed E-state index contributed by atoms with van der Waals surface area (Å²) in [6.45, 7) is 5.61. The zero-order chi connectivity index (χ0) is 15.8. The maximum Gasteiger partial charge on any atom is 0.292 e. The molecule has 0 aromatic heterocycles. The van der Waals surface area contributed by atoms with Gasteiger partial charge in [-0.1, -0.05) is 13.8 Å². The average molecular weight is 295 g/mol. The molecule has 1 amide bonds. The van der Waals surface area contributed by atoms with Gasteiger partial charge in [-0.05, 0) is 18.1 Å². The van der Waals surface area contributed by atoms with Gasteiger partial charge in [0.2, 0.25) is 0 Å². The fourth-order valence-corrected chi connectivity index (χ4v) is 1.70. The summed E-state index contributed by atoms with van der Waals surface area (Å²) >= 11 is 0. The molecule has 2 N–H and O–H groups in total. The summed E-state index contributed by atoms with van der Waals surface area (Å²) in [5.74, 6) is 0.153. The number of nitrogens with one attached hydrogen (secondary N) is 2. The Labute approximate surface area is 123 Å². The number of carbonyl (C=O) groups is 1. The fourth-order valence-electron chi connectivity index (χ4n) is 1.70. The molecular weight excluding hydrogens is 274 g/mol. The van der Waals surface area contributed by atoms with Gasteiger partial charge in [-0.25, -0.2) is 0 Å². The quantitative estimate of drug-likeness (QED) is 0.435. The summed E-state index contributed by atoms with van der Waals surface area (Å²) in [5, 5.41) is 16.4. The van der Waals surface area contributed by atoms with Crippen LogP contribution in [-0.4, -0.2) is 37.6 Å². The second kappa shape index (κ2) is 8.21. The lowest BCUT2D eigenvalue weighted by atomic mass is 10.1. The smallest absolute Gasteiger partial charge is 0.292 e. The van der Waals surface area contributed by atoms with Gasteiger partial charge in [0.15, 0.2) is 0 Å². The van der Waals surface area contributed by atoms with Gasteiger partial charge in [-0.15, -0.1) is 0 Å². The number of nitrogens with zero attached hydrogens (tertiary/aromatic N) is 1. The van der Waals surface area contributed by atoms with Gasteiger partial charge in [-0.2, -0.15) is 0 Å². The Morgan fingerprint density at radius 2 is 2.14 bits per heavy atom.